The zero-order valence-corrected chi connectivity index (χ0v) is 10.6. The first-order valence-corrected chi connectivity index (χ1v) is 6.23. The maximum atomic E-state index is 13.2. The van der Waals surface area contributed by atoms with Crippen molar-refractivity contribution in [3.63, 3.8) is 0 Å². The molecule has 106 valence electrons. The van der Waals surface area contributed by atoms with E-state index in [9.17, 15) is 17.6 Å². The first kappa shape index (κ1) is 14.1. The topological polar surface area (TPSA) is 15.3 Å². The van der Waals surface area contributed by atoms with Gasteiger partial charge in [-0.3, -0.25) is 0 Å². The van der Waals surface area contributed by atoms with Crippen LogP contribution in [0.2, 0.25) is 0 Å². The van der Waals surface area contributed by atoms with Crippen molar-refractivity contribution in [1.29, 1.82) is 0 Å². The van der Waals surface area contributed by atoms with Crippen molar-refractivity contribution in [2.45, 2.75) is 25.6 Å². The van der Waals surface area contributed by atoms with Gasteiger partial charge in [-0.05, 0) is 31.5 Å². The Hall–Kier alpha value is -1.30. The molecule has 1 aliphatic rings. The van der Waals surface area contributed by atoms with E-state index >= 15 is 0 Å². The van der Waals surface area contributed by atoms with Gasteiger partial charge in [0, 0.05) is 31.4 Å². The van der Waals surface area contributed by atoms with Crippen LogP contribution in [0.25, 0.3) is 0 Å². The van der Waals surface area contributed by atoms with Crippen molar-refractivity contribution in [1.82, 2.24) is 5.32 Å². The smallest absolute Gasteiger partial charge is 0.370 e. The molecular weight excluding hydrogens is 260 g/mol. The molecule has 0 saturated carbocycles. The molecule has 1 aromatic rings. The van der Waals surface area contributed by atoms with Gasteiger partial charge in [0.25, 0.3) is 0 Å². The first-order valence-electron chi connectivity index (χ1n) is 6.23. The van der Waals surface area contributed by atoms with Gasteiger partial charge >= 0.3 is 6.18 Å². The second-order valence-corrected chi connectivity index (χ2v) is 4.79. The lowest BCUT2D eigenvalue weighted by Crippen LogP contribution is -2.29. The molecule has 0 bridgehead atoms. The number of hydrogen-bond donors (Lipinski definition) is 1. The molecule has 6 heteroatoms. The Kier molecular flexibility index (Phi) is 3.99. The monoisotopic (exact) mass is 276 g/mol. The highest BCUT2D eigenvalue weighted by atomic mass is 19.4. The Labute approximate surface area is 109 Å². The minimum absolute atomic E-state index is 0.340. The number of nitrogens with zero attached hydrogens (tertiary/aromatic N) is 1. The van der Waals surface area contributed by atoms with Crippen LogP contribution in [-0.4, -0.2) is 25.7 Å². The minimum atomic E-state index is -4.66. The highest BCUT2D eigenvalue weighted by Crippen LogP contribution is 2.34. The summed E-state index contributed by atoms with van der Waals surface area (Å²) in [6.45, 7) is 4.03. The molecule has 1 saturated heterocycles. The van der Waals surface area contributed by atoms with Crippen LogP contribution < -0.4 is 10.2 Å². The maximum absolute atomic E-state index is 13.2. The van der Waals surface area contributed by atoms with Gasteiger partial charge in [-0.25, -0.2) is 4.39 Å². The van der Waals surface area contributed by atoms with E-state index in [0.717, 1.165) is 18.6 Å². The lowest BCUT2D eigenvalue weighted by Gasteiger charge is -2.23. The Bertz CT molecular complexity index is 445. The number of hydrogen-bond acceptors (Lipinski definition) is 2. The molecular formula is C13H16F4N2. The molecule has 0 spiro atoms. The molecule has 2 rings (SSSR count). The SMILES string of the molecule is CC1CCN(c2ccc(F)c(C(F)(F)F)c2)CCN1. The van der Waals surface area contributed by atoms with Crippen LogP contribution in [0, 0.1) is 5.82 Å². The zero-order chi connectivity index (χ0) is 14.0. The van der Waals surface area contributed by atoms with E-state index in [2.05, 4.69) is 5.32 Å². The largest absolute Gasteiger partial charge is 0.419 e. The Morgan fingerprint density at radius 3 is 2.68 bits per heavy atom. The van der Waals surface area contributed by atoms with Crippen LogP contribution in [0.15, 0.2) is 18.2 Å². The highest BCUT2D eigenvalue weighted by molar-refractivity contribution is 5.50. The molecule has 2 nitrogen and oxygen atoms in total. The van der Waals surface area contributed by atoms with Crippen LogP contribution in [0.5, 0.6) is 0 Å². The molecule has 0 aromatic heterocycles. The van der Waals surface area contributed by atoms with Gasteiger partial charge in [-0.2, -0.15) is 13.2 Å². The number of benzene rings is 1. The maximum Gasteiger partial charge on any atom is 0.419 e. The van der Waals surface area contributed by atoms with E-state index in [0.29, 0.717) is 31.4 Å². The summed E-state index contributed by atoms with van der Waals surface area (Å²) >= 11 is 0. The minimum Gasteiger partial charge on any atom is -0.370 e. The van der Waals surface area contributed by atoms with Gasteiger partial charge in [0.2, 0.25) is 0 Å². The van der Waals surface area contributed by atoms with Crippen LogP contribution in [-0.2, 0) is 6.18 Å². The Balaban J connectivity index is 2.25. The fourth-order valence-corrected chi connectivity index (χ4v) is 2.19. The van der Waals surface area contributed by atoms with E-state index in [4.69, 9.17) is 0 Å². The summed E-state index contributed by atoms with van der Waals surface area (Å²) < 4.78 is 51.2. The van der Waals surface area contributed by atoms with Gasteiger partial charge in [-0.1, -0.05) is 0 Å². The summed E-state index contributed by atoms with van der Waals surface area (Å²) in [5.74, 6) is -1.22. The van der Waals surface area contributed by atoms with Crippen molar-refractivity contribution in [2.75, 3.05) is 24.5 Å². The average Bonchev–Trinajstić information content (AvgIpc) is 2.53. The van der Waals surface area contributed by atoms with Crippen molar-refractivity contribution < 1.29 is 17.6 Å². The normalized spacial score (nSPS) is 21.3. The standard InChI is InChI=1S/C13H16F4N2/c1-9-4-6-19(7-5-18-9)10-2-3-12(14)11(8-10)13(15,16)17/h2-3,8-9,18H,4-7H2,1H3. The summed E-state index contributed by atoms with van der Waals surface area (Å²) in [7, 11) is 0. The molecule has 19 heavy (non-hydrogen) atoms. The van der Waals surface area contributed by atoms with Gasteiger partial charge in [0.1, 0.15) is 5.82 Å². The molecule has 1 N–H and O–H groups in total. The lowest BCUT2D eigenvalue weighted by atomic mass is 10.1. The van der Waals surface area contributed by atoms with Gasteiger partial charge in [0.15, 0.2) is 0 Å². The molecule has 1 unspecified atom stereocenters. The molecule has 1 aromatic carbocycles. The summed E-state index contributed by atoms with van der Waals surface area (Å²) in [6.07, 6.45) is -3.81. The van der Waals surface area contributed by atoms with E-state index in [1.54, 1.807) is 0 Å². The predicted octanol–water partition coefficient (Wildman–Crippen LogP) is 3.03. The quantitative estimate of drug-likeness (QED) is 0.793. The fraction of sp³-hybridized carbons (Fsp3) is 0.538. The Morgan fingerprint density at radius 2 is 2.00 bits per heavy atom. The molecule has 0 radical (unpaired) electrons. The third-order valence-corrected chi connectivity index (χ3v) is 3.33. The molecule has 1 fully saturated rings. The average molecular weight is 276 g/mol. The summed E-state index contributed by atoms with van der Waals surface area (Å²) in [5, 5.41) is 3.26. The molecule has 1 heterocycles. The third kappa shape index (κ3) is 3.37. The van der Waals surface area contributed by atoms with E-state index in [1.165, 1.54) is 6.07 Å². The van der Waals surface area contributed by atoms with Crippen molar-refractivity contribution >= 4 is 5.69 Å². The zero-order valence-electron chi connectivity index (χ0n) is 10.6. The van der Waals surface area contributed by atoms with Crippen molar-refractivity contribution in [3.05, 3.63) is 29.6 Å². The van der Waals surface area contributed by atoms with Crippen molar-refractivity contribution in [3.8, 4) is 0 Å². The summed E-state index contributed by atoms with van der Waals surface area (Å²) in [5.41, 5.74) is -0.778. The van der Waals surface area contributed by atoms with Gasteiger partial charge in [-0.15, -0.1) is 0 Å². The van der Waals surface area contributed by atoms with Gasteiger partial charge < -0.3 is 10.2 Å². The fourth-order valence-electron chi connectivity index (χ4n) is 2.19. The van der Waals surface area contributed by atoms with Crippen LogP contribution in [0.1, 0.15) is 18.9 Å². The second kappa shape index (κ2) is 5.36. The third-order valence-electron chi connectivity index (χ3n) is 3.33. The predicted molar refractivity (Wildman–Crippen MR) is 65.7 cm³/mol. The summed E-state index contributed by atoms with van der Waals surface area (Å²) in [4.78, 5) is 1.85. The van der Waals surface area contributed by atoms with E-state index in [-0.39, 0.29) is 0 Å². The molecule has 0 amide bonds. The number of alkyl halides is 3. The number of halogens is 4. The molecule has 1 aliphatic heterocycles. The number of rotatable bonds is 1. The molecule has 0 aliphatic carbocycles. The lowest BCUT2D eigenvalue weighted by molar-refractivity contribution is -0.139. The second-order valence-electron chi connectivity index (χ2n) is 4.79. The van der Waals surface area contributed by atoms with Crippen LogP contribution >= 0.6 is 0 Å². The number of nitrogens with one attached hydrogen (secondary N) is 1. The highest BCUT2D eigenvalue weighted by Gasteiger charge is 2.34. The number of anilines is 1. The van der Waals surface area contributed by atoms with E-state index < -0.39 is 17.6 Å². The van der Waals surface area contributed by atoms with Crippen molar-refractivity contribution in [2.24, 2.45) is 0 Å². The van der Waals surface area contributed by atoms with Gasteiger partial charge in [0.05, 0.1) is 5.56 Å². The first-order chi connectivity index (χ1) is 8.88. The van der Waals surface area contributed by atoms with E-state index in [1.807, 2.05) is 11.8 Å². The Morgan fingerprint density at radius 1 is 1.26 bits per heavy atom. The summed E-state index contributed by atoms with van der Waals surface area (Å²) in [6, 6.07) is 3.53. The van der Waals surface area contributed by atoms with Crippen LogP contribution in [0.4, 0.5) is 23.2 Å². The van der Waals surface area contributed by atoms with Crippen LogP contribution in [0.3, 0.4) is 0 Å². The molecule has 1 atom stereocenters.